The first-order valence-electron chi connectivity index (χ1n) is 6.47. The van der Waals surface area contributed by atoms with Crippen molar-refractivity contribution in [1.82, 2.24) is 5.32 Å². The fourth-order valence-corrected chi connectivity index (χ4v) is 2.36. The second-order valence-corrected chi connectivity index (χ2v) is 5.37. The first-order valence-corrected chi connectivity index (χ1v) is 7.35. The van der Waals surface area contributed by atoms with Crippen LogP contribution in [0.3, 0.4) is 0 Å². The molecule has 108 valence electrons. The van der Waals surface area contributed by atoms with Crippen LogP contribution in [0.1, 0.15) is 20.8 Å². The lowest BCUT2D eigenvalue weighted by molar-refractivity contribution is -0.116. The van der Waals surface area contributed by atoms with E-state index in [0.717, 1.165) is 10.4 Å². The number of hydrogen-bond donors (Lipinski definition) is 2. The third-order valence-corrected chi connectivity index (χ3v) is 3.69. The van der Waals surface area contributed by atoms with Crippen LogP contribution in [0.4, 0.5) is 0 Å². The summed E-state index contributed by atoms with van der Waals surface area (Å²) in [6, 6.07) is 10.5. The second kappa shape index (κ2) is 7.40. The zero-order valence-electron chi connectivity index (χ0n) is 11.3. The van der Waals surface area contributed by atoms with Gasteiger partial charge in [0.05, 0.1) is 5.56 Å². The predicted molar refractivity (Wildman–Crippen MR) is 83.5 cm³/mol. The number of nitrogens with one attached hydrogen (secondary N) is 1. The van der Waals surface area contributed by atoms with Crippen LogP contribution < -0.4 is 5.32 Å². The van der Waals surface area contributed by atoms with Crippen LogP contribution in [0.25, 0.3) is 6.08 Å². The van der Waals surface area contributed by atoms with Crippen molar-refractivity contribution >= 4 is 29.3 Å². The zero-order chi connectivity index (χ0) is 15.1. The van der Waals surface area contributed by atoms with Crippen LogP contribution in [0.2, 0.25) is 0 Å². The minimum Gasteiger partial charge on any atom is -0.478 e. The Labute approximate surface area is 126 Å². The molecule has 0 fully saturated rings. The maximum atomic E-state index is 11.6. The van der Waals surface area contributed by atoms with Crippen molar-refractivity contribution in [2.45, 2.75) is 6.42 Å². The van der Waals surface area contributed by atoms with Gasteiger partial charge in [0.15, 0.2) is 0 Å². The van der Waals surface area contributed by atoms with Gasteiger partial charge in [-0.1, -0.05) is 18.2 Å². The van der Waals surface area contributed by atoms with Crippen LogP contribution in [0.5, 0.6) is 0 Å². The minimum absolute atomic E-state index is 0.134. The number of hydrogen-bond acceptors (Lipinski definition) is 3. The third-order valence-electron chi connectivity index (χ3n) is 2.86. The summed E-state index contributed by atoms with van der Waals surface area (Å²) >= 11 is 1.57. The number of rotatable bonds is 6. The van der Waals surface area contributed by atoms with Crippen molar-refractivity contribution in [3.63, 3.8) is 0 Å². The fourth-order valence-electron chi connectivity index (χ4n) is 1.75. The van der Waals surface area contributed by atoms with Gasteiger partial charge in [-0.2, -0.15) is 0 Å². The molecule has 0 saturated heterocycles. The SMILES string of the molecule is O=C(/C=C/c1cccs1)NCCc1ccc(C(=O)O)cc1. The Kier molecular flexibility index (Phi) is 5.29. The average molecular weight is 301 g/mol. The van der Waals surface area contributed by atoms with E-state index >= 15 is 0 Å². The highest BCUT2D eigenvalue weighted by Gasteiger charge is 2.02. The van der Waals surface area contributed by atoms with Gasteiger partial charge in [-0.25, -0.2) is 4.79 Å². The lowest BCUT2D eigenvalue weighted by Crippen LogP contribution is -2.23. The van der Waals surface area contributed by atoms with Crippen molar-refractivity contribution in [3.8, 4) is 0 Å². The summed E-state index contributed by atoms with van der Waals surface area (Å²) in [5.74, 6) is -1.07. The van der Waals surface area contributed by atoms with Crippen molar-refractivity contribution in [1.29, 1.82) is 0 Å². The van der Waals surface area contributed by atoms with Crippen LogP contribution in [0, 0.1) is 0 Å². The van der Waals surface area contributed by atoms with E-state index in [9.17, 15) is 9.59 Å². The van der Waals surface area contributed by atoms with Crippen LogP contribution >= 0.6 is 11.3 Å². The summed E-state index contributed by atoms with van der Waals surface area (Å²) in [4.78, 5) is 23.4. The molecule has 1 aromatic carbocycles. The highest BCUT2D eigenvalue weighted by atomic mass is 32.1. The van der Waals surface area contributed by atoms with Gasteiger partial charge in [-0.05, 0) is 41.6 Å². The molecule has 21 heavy (non-hydrogen) atoms. The fraction of sp³-hybridized carbons (Fsp3) is 0.125. The first-order chi connectivity index (χ1) is 10.1. The predicted octanol–water partition coefficient (Wildman–Crippen LogP) is 2.82. The van der Waals surface area contributed by atoms with E-state index in [1.54, 1.807) is 41.7 Å². The van der Waals surface area contributed by atoms with E-state index in [-0.39, 0.29) is 11.5 Å². The molecular weight excluding hydrogens is 286 g/mol. The molecule has 1 heterocycles. The van der Waals surface area contributed by atoms with Gasteiger partial charge in [0.2, 0.25) is 5.91 Å². The lowest BCUT2D eigenvalue weighted by Gasteiger charge is -2.03. The summed E-state index contributed by atoms with van der Waals surface area (Å²) in [5.41, 5.74) is 1.25. The van der Waals surface area contributed by atoms with E-state index in [4.69, 9.17) is 5.11 Å². The van der Waals surface area contributed by atoms with E-state index in [1.807, 2.05) is 17.5 Å². The third kappa shape index (κ3) is 4.89. The van der Waals surface area contributed by atoms with E-state index < -0.39 is 5.97 Å². The van der Waals surface area contributed by atoms with Crippen molar-refractivity contribution in [2.75, 3.05) is 6.54 Å². The van der Waals surface area contributed by atoms with Gasteiger partial charge in [-0.3, -0.25) is 4.79 Å². The summed E-state index contributed by atoms with van der Waals surface area (Å²) < 4.78 is 0. The normalized spacial score (nSPS) is 10.7. The zero-order valence-corrected chi connectivity index (χ0v) is 12.1. The first kappa shape index (κ1) is 15.0. The van der Waals surface area contributed by atoms with E-state index in [1.165, 1.54) is 6.08 Å². The molecule has 0 saturated carbocycles. The molecule has 5 heteroatoms. The number of carboxylic acids is 1. The molecule has 1 amide bonds. The number of carbonyl (C=O) groups excluding carboxylic acids is 1. The number of thiophene rings is 1. The highest BCUT2D eigenvalue weighted by Crippen LogP contribution is 2.09. The van der Waals surface area contributed by atoms with Crippen molar-refractivity contribution in [2.24, 2.45) is 0 Å². The van der Waals surface area contributed by atoms with Crippen molar-refractivity contribution < 1.29 is 14.7 Å². The van der Waals surface area contributed by atoms with E-state index in [2.05, 4.69) is 5.32 Å². The summed E-state index contributed by atoms with van der Waals surface area (Å²) in [5, 5.41) is 13.5. The Morgan fingerprint density at radius 1 is 1.19 bits per heavy atom. The van der Waals surface area contributed by atoms with Crippen LogP contribution in [-0.4, -0.2) is 23.5 Å². The molecule has 1 aromatic heterocycles. The Balaban J connectivity index is 1.76. The van der Waals surface area contributed by atoms with Gasteiger partial charge >= 0.3 is 5.97 Å². The molecule has 0 unspecified atom stereocenters. The molecule has 0 atom stereocenters. The number of benzene rings is 1. The molecule has 0 spiro atoms. The average Bonchev–Trinajstić information content (AvgIpc) is 2.99. The Bertz CT molecular complexity index is 630. The monoisotopic (exact) mass is 301 g/mol. The molecule has 0 radical (unpaired) electrons. The number of carbonyl (C=O) groups is 2. The molecule has 0 aliphatic carbocycles. The number of carboxylic acid groups (broad SMARTS) is 1. The topological polar surface area (TPSA) is 66.4 Å². The van der Waals surface area contributed by atoms with Gasteiger partial charge in [0.1, 0.15) is 0 Å². The van der Waals surface area contributed by atoms with Gasteiger partial charge in [0, 0.05) is 17.5 Å². The van der Waals surface area contributed by atoms with Gasteiger partial charge in [-0.15, -0.1) is 11.3 Å². The van der Waals surface area contributed by atoms with Crippen LogP contribution in [-0.2, 0) is 11.2 Å². The molecule has 2 aromatic rings. The van der Waals surface area contributed by atoms with Crippen LogP contribution in [0.15, 0.2) is 47.9 Å². The molecule has 2 N–H and O–H groups in total. The smallest absolute Gasteiger partial charge is 0.335 e. The molecule has 4 nitrogen and oxygen atoms in total. The molecular formula is C16H15NO3S. The largest absolute Gasteiger partial charge is 0.478 e. The maximum Gasteiger partial charge on any atom is 0.335 e. The number of amides is 1. The lowest BCUT2D eigenvalue weighted by atomic mass is 10.1. The summed E-state index contributed by atoms with van der Waals surface area (Å²) in [6.07, 6.45) is 3.96. The standard InChI is InChI=1S/C16H15NO3S/c18-15(8-7-14-2-1-11-21-14)17-10-9-12-3-5-13(6-4-12)16(19)20/h1-8,11H,9-10H2,(H,17,18)(H,19,20)/b8-7+. The summed E-state index contributed by atoms with van der Waals surface area (Å²) in [7, 11) is 0. The van der Waals surface area contributed by atoms with Gasteiger partial charge < -0.3 is 10.4 Å². The van der Waals surface area contributed by atoms with Gasteiger partial charge in [0.25, 0.3) is 0 Å². The number of aromatic carboxylic acids is 1. The Hall–Kier alpha value is -2.40. The minimum atomic E-state index is -0.937. The maximum absolute atomic E-state index is 11.6. The molecule has 0 bridgehead atoms. The van der Waals surface area contributed by atoms with Crippen molar-refractivity contribution in [3.05, 3.63) is 63.9 Å². The summed E-state index contributed by atoms with van der Waals surface area (Å²) in [6.45, 7) is 0.514. The Morgan fingerprint density at radius 2 is 1.95 bits per heavy atom. The second-order valence-electron chi connectivity index (χ2n) is 4.39. The van der Waals surface area contributed by atoms with E-state index in [0.29, 0.717) is 13.0 Å². The molecule has 2 rings (SSSR count). The Morgan fingerprint density at radius 3 is 2.57 bits per heavy atom. The highest BCUT2D eigenvalue weighted by molar-refractivity contribution is 7.10. The quantitative estimate of drug-likeness (QED) is 0.806. The molecule has 0 aliphatic heterocycles. The molecule has 0 aliphatic rings.